The van der Waals surface area contributed by atoms with Gasteiger partial charge in [-0.1, -0.05) is 24.4 Å². The standard InChI is InChI=1S/C27H34F2N6OS/c1-34-14-3-5-23(34)18-31-25(30)24(27(37)35(2)15-4-16-36)26(33-22-12-10-21(29)11-13-22)32-17-19-6-8-20(28)9-7-19/h6-13,16,23,32-33H,3-5,14-15,17-18H2,1-2H3,(H2,30,31)/b26-24-. The van der Waals surface area contributed by atoms with Crippen LogP contribution in [-0.4, -0.2) is 66.7 Å². The number of likely N-dealkylation sites (N-methyl/N-ethyl adjacent to an activating group) is 2. The normalized spacial score (nSPS) is 16.8. The number of amidine groups is 1. The quantitative estimate of drug-likeness (QED) is 0.127. The van der Waals surface area contributed by atoms with Crippen LogP contribution in [0.2, 0.25) is 0 Å². The number of aliphatic imine (C=N–C) groups is 1. The third-order valence-electron chi connectivity index (χ3n) is 6.29. The van der Waals surface area contributed by atoms with Crippen LogP contribution in [0.3, 0.4) is 0 Å². The Balaban J connectivity index is 2.01. The molecule has 7 nitrogen and oxygen atoms in total. The van der Waals surface area contributed by atoms with Gasteiger partial charge in [0.05, 0.1) is 12.1 Å². The number of thiocarbonyl (C=S) groups is 1. The molecule has 1 saturated heterocycles. The number of nitrogens with one attached hydrogen (secondary N) is 2. The van der Waals surface area contributed by atoms with Crippen molar-refractivity contribution in [3.8, 4) is 0 Å². The third-order valence-corrected chi connectivity index (χ3v) is 6.80. The van der Waals surface area contributed by atoms with E-state index in [-0.39, 0.29) is 17.5 Å². The molecule has 0 radical (unpaired) electrons. The summed E-state index contributed by atoms with van der Waals surface area (Å²) in [6.07, 6.45) is 3.29. The predicted molar refractivity (Wildman–Crippen MR) is 148 cm³/mol. The molecule has 2 aromatic rings. The van der Waals surface area contributed by atoms with Crippen LogP contribution >= 0.6 is 12.2 Å². The number of carbonyl (C=O) groups is 1. The van der Waals surface area contributed by atoms with Crippen molar-refractivity contribution < 1.29 is 13.6 Å². The van der Waals surface area contributed by atoms with Crippen molar-refractivity contribution >= 4 is 35.0 Å². The Morgan fingerprint density at radius 2 is 1.84 bits per heavy atom. The first-order valence-electron chi connectivity index (χ1n) is 12.2. The Hall–Kier alpha value is -3.37. The maximum atomic E-state index is 13.6. The second-order valence-electron chi connectivity index (χ2n) is 9.05. The Kier molecular flexibility index (Phi) is 10.5. The van der Waals surface area contributed by atoms with Crippen molar-refractivity contribution in [2.45, 2.75) is 31.8 Å². The Morgan fingerprint density at radius 1 is 1.19 bits per heavy atom. The van der Waals surface area contributed by atoms with Gasteiger partial charge in [0.15, 0.2) is 0 Å². The van der Waals surface area contributed by atoms with Gasteiger partial charge in [-0.05, 0) is 68.4 Å². The van der Waals surface area contributed by atoms with Gasteiger partial charge < -0.3 is 31.0 Å². The number of anilines is 1. The van der Waals surface area contributed by atoms with E-state index in [0.29, 0.717) is 54.2 Å². The number of nitrogens with two attached hydrogens (primary N) is 1. The highest BCUT2D eigenvalue weighted by molar-refractivity contribution is 7.80. The van der Waals surface area contributed by atoms with Crippen LogP contribution in [0.5, 0.6) is 0 Å². The highest BCUT2D eigenvalue weighted by Gasteiger charge is 2.23. The molecule has 1 aliphatic heterocycles. The average Bonchev–Trinajstić information content (AvgIpc) is 3.31. The maximum absolute atomic E-state index is 13.6. The zero-order chi connectivity index (χ0) is 26.8. The second-order valence-corrected chi connectivity index (χ2v) is 9.43. The van der Waals surface area contributed by atoms with Crippen LogP contribution in [0, 0.1) is 11.6 Å². The lowest BCUT2D eigenvalue weighted by Gasteiger charge is -2.25. The smallest absolute Gasteiger partial charge is 0.132 e. The summed E-state index contributed by atoms with van der Waals surface area (Å²) < 4.78 is 27.0. The molecule has 4 N–H and O–H groups in total. The minimum Gasteiger partial charge on any atom is -0.383 e. The number of aldehydes is 1. The van der Waals surface area contributed by atoms with E-state index in [2.05, 4.69) is 22.6 Å². The Morgan fingerprint density at radius 3 is 2.43 bits per heavy atom. The van der Waals surface area contributed by atoms with E-state index in [1.807, 2.05) is 0 Å². The van der Waals surface area contributed by atoms with Gasteiger partial charge in [-0.2, -0.15) is 0 Å². The molecular weight excluding hydrogens is 494 g/mol. The van der Waals surface area contributed by atoms with Gasteiger partial charge in [0.2, 0.25) is 0 Å². The highest BCUT2D eigenvalue weighted by atomic mass is 32.1. The Bertz CT molecular complexity index is 1120. The second kappa shape index (κ2) is 13.8. The number of halogens is 2. The number of rotatable bonds is 12. The number of likely N-dealkylation sites (tertiary alicyclic amines) is 1. The fraction of sp³-hybridized carbons (Fsp3) is 0.370. The largest absolute Gasteiger partial charge is 0.383 e. The molecule has 1 atom stereocenters. The molecule has 0 bridgehead atoms. The first kappa shape index (κ1) is 28.2. The van der Waals surface area contributed by atoms with Crippen LogP contribution in [0.1, 0.15) is 24.8 Å². The molecule has 1 heterocycles. The van der Waals surface area contributed by atoms with E-state index in [9.17, 15) is 13.6 Å². The van der Waals surface area contributed by atoms with Crippen LogP contribution in [0.15, 0.2) is 64.9 Å². The molecular formula is C27H34F2N6OS. The molecule has 37 heavy (non-hydrogen) atoms. The van der Waals surface area contributed by atoms with Gasteiger partial charge in [-0.15, -0.1) is 0 Å². The summed E-state index contributed by atoms with van der Waals surface area (Å²) in [6, 6.07) is 12.3. The number of carbonyl (C=O) groups excluding carboxylic acids is 1. The fourth-order valence-electron chi connectivity index (χ4n) is 4.04. The van der Waals surface area contributed by atoms with Crippen LogP contribution < -0.4 is 16.4 Å². The van der Waals surface area contributed by atoms with E-state index in [4.69, 9.17) is 22.9 Å². The lowest BCUT2D eigenvalue weighted by Crippen LogP contribution is -2.38. The third kappa shape index (κ3) is 8.33. The SMILES string of the molecule is CN(CCC=O)C(=S)/C(C(N)=NCC1CCCN1C)=C(/NCc1ccc(F)cc1)Nc1ccc(F)cc1. The topological polar surface area (TPSA) is 86.0 Å². The highest BCUT2D eigenvalue weighted by Crippen LogP contribution is 2.18. The van der Waals surface area contributed by atoms with Gasteiger partial charge in [-0.3, -0.25) is 4.99 Å². The molecule has 0 spiro atoms. The summed E-state index contributed by atoms with van der Waals surface area (Å²) >= 11 is 5.81. The van der Waals surface area contributed by atoms with Crippen molar-refractivity contribution in [1.29, 1.82) is 0 Å². The predicted octanol–water partition coefficient (Wildman–Crippen LogP) is 3.68. The summed E-state index contributed by atoms with van der Waals surface area (Å²) in [6.45, 7) is 2.29. The van der Waals surface area contributed by atoms with Gasteiger partial charge in [0, 0.05) is 38.3 Å². The molecule has 1 unspecified atom stereocenters. The molecule has 2 aromatic carbocycles. The van der Waals surface area contributed by atoms with Crippen molar-refractivity contribution in [2.75, 3.05) is 39.0 Å². The molecule has 1 fully saturated rings. The minimum atomic E-state index is -0.360. The van der Waals surface area contributed by atoms with E-state index >= 15 is 0 Å². The zero-order valence-electron chi connectivity index (χ0n) is 21.2. The average molecular weight is 529 g/mol. The number of hydrogen-bond donors (Lipinski definition) is 3. The molecule has 0 aliphatic carbocycles. The lowest BCUT2D eigenvalue weighted by molar-refractivity contribution is -0.107. The van der Waals surface area contributed by atoms with Crippen molar-refractivity contribution in [3.05, 3.63) is 77.1 Å². The van der Waals surface area contributed by atoms with Gasteiger partial charge in [-0.25, -0.2) is 8.78 Å². The molecule has 0 amide bonds. The summed E-state index contributed by atoms with van der Waals surface area (Å²) in [5.74, 6) is 0.0386. The summed E-state index contributed by atoms with van der Waals surface area (Å²) in [5, 5.41) is 6.60. The molecule has 10 heteroatoms. The first-order chi connectivity index (χ1) is 17.8. The van der Waals surface area contributed by atoms with E-state index < -0.39 is 0 Å². The summed E-state index contributed by atoms with van der Waals surface area (Å²) in [7, 11) is 3.86. The molecule has 0 aromatic heterocycles. The zero-order valence-corrected chi connectivity index (χ0v) is 22.0. The van der Waals surface area contributed by atoms with Crippen molar-refractivity contribution in [1.82, 2.24) is 15.1 Å². The maximum Gasteiger partial charge on any atom is 0.132 e. The lowest BCUT2D eigenvalue weighted by atomic mass is 10.1. The summed E-state index contributed by atoms with van der Waals surface area (Å²) in [5.41, 5.74) is 8.49. The monoisotopic (exact) mass is 528 g/mol. The molecule has 198 valence electrons. The molecule has 1 aliphatic rings. The van der Waals surface area contributed by atoms with Crippen LogP contribution in [0.25, 0.3) is 0 Å². The Labute approximate surface area is 222 Å². The van der Waals surface area contributed by atoms with Crippen molar-refractivity contribution in [2.24, 2.45) is 10.7 Å². The van der Waals surface area contributed by atoms with Crippen molar-refractivity contribution in [3.63, 3.8) is 0 Å². The minimum absolute atomic E-state index is 0.250. The number of benzene rings is 2. The number of nitrogens with zero attached hydrogens (tertiary/aromatic N) is 3. The van der Waals surface area contributed by atoms with Crippen LogP contribution in [-0.2, 0) is 11.3 Å². The molecule has 0 saturated carbocycles. The fourth-order valence-corrected chi connectivity index (χ4v) is 4.34. The van der Waals surface area contributed by atoms with Gasteiger partial charge >= 0.3 is 0 Å². The van der Waals surface area contributed by atoms with Crippen LogP contribution in [0.4, 0.5) is 14.5 Å². The first-order valence-corrected chi connectivity index (χ1v) is 12.6. The molecule has 3 rings (SSSR count). The van der Waals surface area contributed by atoms with E-state index in [1.165, 1.54) is 24.3 Å². The van der Waals surface area contributed by atoms with Gasteiger partial charge in [0.25, 0.3) is 0 Å². The summed E-state index contributed by atoms with van der Waals surface area (Å²) in [4.78, 5) is 20.1. The van der Waals surface area contributed by atoms with E-state index in [0.717, 1.165) is 31.2 Å². The number of hydrogen-bond acceptors (Lipinski definition) is 6. The van der Waals surface area contributed by atoms with E-state index in [1.54, 1.807) is 36.2 Å². The van der Waals surface area contributed by atoms with Gasteiger partial charge in [0.1, 0.15) is 34.6 Å².